The van der Waals surface area contributed by atoms with Gasteiger partial charge in [-0.3, -0.25) is 9.59 Å². The molecule has 4 aromatic heterocycles. The topological polar surface area (TPSA) is 160 Å². The van der Waals surface area contributed by atoms with E-state index in [0.29, 0.717) is 86.6 Å². The van der Waals surface area contributed by atoms with E-state index in [0.717, 1.165) is 11.6 Å². The van der Waals surface area contributed by atoms with Crippen molar-refractivity contribution in [3.05, 3.63) is 163 Å². The van der Waals surface area contributed by atoms with E-state index < -0.39 is 11.6 Å². The Bertz CT molecular complexity index is 2710. The largest absolute Gasteiger partial charge is 0.474 e. The highest BCUT2D eigenvalue weighted by molar-refractivity contribution is 6.42. The molecule has 0 N–H and O–H groups in total. The predicted molar refractivity (Wildman–Crippen MR) is 239 cm³/mol. The fourth-order valence-corrected chi connectivity index (χ4v) is 8.60. The van der Waals surface area contributed by atoms with Crippen molar-refractivity contribution in [1.82, 2.24) is 40.2 Å². The van der Waals surface area contributed by atoms with Crippen LogP contribution < -0.4 is 9.47 Å². The Balaban J connectivity index is 0.000000194. The van der Waals surface area contributed by atoms with Crippen molar-refractivity contribution in [2.45, 2.75) is 51.7 Å². The van der Waals surface area contributed by atoms with Crippen molar-refractivity contribution in [2.24, 2.45) is 11.8 Å². The lowest BCUT2D eigenvalue weighted by Crippen LogP contribution is -2.32. The molecule has 2 aromatic carbocycles. The highest BCUT2D eigenvalue weighted by Gasteiger charge is 2.42. The summed E-state index contributed by atoms with van der Waals surface area (Å²) in [5.74, 6) is -1.81. The van der Waals surface area contributed by atoms with Gasteiger partial charge in [0.1, 0.15) is 18.3 Å². The van der Waals surface area contributed by atoms with Crippen molar-refractivity contribution in [2.75, 3.05) is 26.2 Å². The number of carbonyl (C=O) groups excluding carboxylic acids is 2. The smallest absolute Gasteiger partial charge is 0.255 e. The number of rotatable bonds is 10. The number of hydrogen-bond donors (Lipinski definition) is 0. The number of likely N-dealkylation sites (tertiary alicyclic amines) is 2. The van der Waals surface area contributed by atoms with Crippen molar-refractivity contribution in [3.63, 3.8) is 0 Å². The first-order chi connectivity index (χ1) is 31.2. The number of benzene rings is 2. The van der Waals surface area contributed by atoms with Crippen LogP contribution in [0.25, 0.3) is 0 Å². The van der Waals surface area contributed by atoms with Gasteiger partial charge in [0.2, 0.25) is 11.8 Å². The molecule has 0 aliphatic carbocycles. The van der Waals surface area contributed by atoms with Gasteiger partial charge in [-0.2, -0.15) is 25.7 Å². The normalized spacial score (nSPS) is 18.8. The van der Waals surface area contributed by atoms with Crippen LogP contribution in [0.15, 0.2) is 97.6 Å². The van der Waals surface area contributed by atoms with Crippen LogP contribution in [0.2, 0.25) is 15.1 Å². The van der Waals surface area contributed by atoms with Gasteiger partial charge in [-0.15, -0.1) is 0 Å². The lowest BCUT2D eigenvalue weighted by molar-refractivity contribution is 0.0760. The van der Waals surface area contributed by atoms with Crippen molar-refractivity contribution < 1.29 is 27.8 Å². The highest BCUT2D eigenvalue weighted by Crippen LogP contribution is 2.40. The summed E-state index contributed by atoms with van der Waals surface area (Å²) in [6.07, 6.45) is 5.24. The molecule has 6 atom stereocenters. The Kier molecular flexibility index (Phi) is 14.8. The van der Waals surface area contributed by atoms with Crippen LogP contribution in [0.5, 0.6) is 11.8 Å². The number of aryl methyl sites for hydroxylation is 2. The average molecular weight is 941 g/mol. The van der Waals surface area contributed by atoms with E-state index in [1.54, 1.807) is 72.2 Å². The second kappa shape index (κ2) is 20.7. The van der Waals surface area contributed by atoms with Crippen molar-refractivity contribution >= 4 is 46.6 Å². The standard InChI is InChI=1S/C24H21Cl2N5O2.C23H21ClF2N4O2/c1-14-7-18(11-29-30-14)24(32)31-12-19(15(2)33-23-6-3-16(9-27)10-28-23)20(13-31)17-4-5-21(25)22(26)8-17;1-13-7-16(9-28-29-13)23(31)30-11-18(14(2)32-22-6-4-17(24)10-27-22)19(12-30)15-3-5-20(25)21(26)8-15/h3-8,10-11,15,19-20H,12-13H2,1-2H3;3-10,14,18-19H,11-12H2,1-2H3/t;14-,18+,19+/m.0/s1. The Morgan fingerprint density at radius 2 is 1.18 bits per heavy atom. The van der Waals surface area contributed by atoms with Gasteiger partial charge in [-0.25, -0.2) is 18.7 Å². The van der Waals surface area contributed by atoms with Crippen LogP contribution >= 0.6 is 34.8 Å². The number of hydrogen-bond acceptors (Lipinski definition) is 11. The second-order valence-corrected chi connectivity index (χ2v) is 17.2. The molecule has 334 valence electrons. The van der Waals surface area contributed by atoms with Gasteiger partial charge in [0, 0.05) is 74.4 Å². The molecule has 0 radical (unpaired) electrons. The molecule has 2 amide bonds. The number of nitriles is 1. The van der Waals surface area contributed by atoms with E-state index in [-0.39, 0.29) is 47.7 Å². The molecule has 13 nitrogen and oxygen atoms in total. The number of aromatic nitrogens is 6. The molecule has 6 heterocycles. The number of amides is 2. The van der Waals surface area contributed by atoms with Crippen LogP contribution in [-0.4, -0.2) is 90.4 Å². The number of nitrogens with zero attached hydrogens (tertiary/aromatic N) is 9. The summed E-state index contributed by atoms with van der Waals surface area (Å²) >= 11 is 18.3. The molecule has 0 spiro atoms. The Labute approximate surface area is 389 Å². The second-order valence-electron chi connectivity index (χ2n) is 15.9. The molecule has 3 unspecified atom stereocenters. The lowest BCUT2D eigenvalue weighted by atomic mass is 9.85. The third-order valence-electron chi connectivity index (χ3n) is 11.5. The van der Waals surface area contributed by atoms with Gasteiger partial charge < -0.3 is 19.3 Å². The fraction of sp³-hybridized carbons (Fsp3) is 0.298. The summed E-state index contributed by atoms with van der Waals surface area (Å²) in [5, 5.41) is 26.0. The van der Waals surface area contributed by atoms with Gasteiger partial charge in [0.25, 0.3) is 11.8 Å². The number of halogens is 5. The molecule has 0 bridgehead atoms. The van der Waals surface area contributed by atoms with Gasteiger partial charge in [-0.05, 0) is 87.4 Å². The highest BCUT2D eigenvalue weighted by atomic mass is 35.5. The van der Waals surface area contributed by atoms with Crippen LogP contribution in [0.3, 0.4) is 0 Å². The number of carbonyl (C=O) groups is 2. The summed E-state index contributed by atoms with van der Waals surface area (Å²) in [4.78, 5) is 38.2. The maximum absolute atomic E-state index is 14.0. The SMILES string of the molecule is Cc1cc(C(=O)N2CC(c3ccc(Cl)c(Cl)c3)C(C(C)Oc3ccc(C#N)cn3)C2)cnn1.Cc1cc(C(=O)N2C[C@H]([C@H](C)Oc3ccc(Cl)cn3)[C@@H](c3ccc(F)c(F)c3)C2)cnn1. The summed E-state index contributed by atoms with van der Waals surface area (Å²) in [6, 6.07) is 21.5. The minimum Gasteiger partial charge on any atom is -0.474 e. The third-order valence-corrected chi connectivity index (χ3v) is 12.4. The van der Waals surface area contributed by atoms with Gasteiger partial charge >= 0.3 is 0 Å². The average Bonchev–Trinajstić information content (AvgIpc) is 3.96. The van der Waals surface area contributed by atoms with E-state index in [2.05, 4.69) is 30.4 Å². The molecule has 18 heteroatoms. The first kappa shape index (κ1) is 46.6. The summed E-state index contributed by atoms with van der Waals surface area (Å²) in [6.45, 7) is 9.09. The minimum absolute atomic E-state index is 0.0204. The van der Waals surface area contributed by atoms with E-state index >= 15 is 0 Å². The zero-order chi connectivity index (χ0) is 46.4. The maximum atomic E-state index is 14.0. The fourth-order valence-electron chi connectivity index (χ4n) is 8.18. The van der Waals surface area contributed by atoms with Crippen LogP contribution in [0, 0.1) is 48.6 Å². The Hall–Kier alpha value is -6.34. The summed E-state index contributed by atoms with van der Waals surface area (Å²) < 4.78 is 39.6. The van der Waals surface area contributed by atoms with E-state index in [4.69, 9.17) is 49.5 Å². The van der Waals surface area contributed by atoms with E-state index in [1.807, 2.05) is 32.0 Å². The zero-order valence-electron chi connectivity index (χ0n) is 35.6. The monoisotopic (exact) mass is 939 g/mol. The molecule has 2 aliphatic heterocycles. The quantitative estimate of drug-likeness (QED) is 0.129. The third kappa shape index (κ3) is 11.3. The van der Waals surface area contributed by atoms with Gasteiger partial charge in [-0.1, -0.05) is 46.9 Å². The van der Waals surface area contributed by atoms with Crippen LogP contribution in [0.4, 0.5) is 8.78 Å². The molecule has 2 aliphatic rings. The predicted octanol–water partition coefficient (Wildman–Crippen LogP) is 9.12. The molecular weight excluding hydrogens is 899 g/mol. The van der Waals surface area contributed by atoms with Crippen LogP contribution in [0.1, 0.15) is 74.5 Å². The maximum Gasteiger partial charge on any atom is 0.255 e. The van der Waals surface area contributed by atoms with Gasteiger partial charge in [0.05, 0.1) is 55.5 Å². The molecule has 2 saturated heterocycles. The van der Waals surface area contributed by atoms with E-state index in [1.165, 1.54) is 30.9 Å². The molecular formula is C47H42Cl3F2N9O4. The first-order valence-corrected chi connectivity index (χ1v) is 21.7. The number of pyridine rings is 2. The van der Waals surface area contributed by atoms with E-state index in [9.17, 15) is 18.4 Å². The summed E-state index contributed by atoms with van der Waals surface area (Å²) in [5.41, 5.74) is 4.29. The molecule has 65 heavy (non-hydrogen) atoms. The Morgan fingerprint density at radius 3 is 1.65 bits per heavy atom. The minimum atomic E-state index is -0.923. The van der Waals surface area contributed by atoms with Crippen LogP contribution in [-0.2, 0) is 0 Å². The van der Waals surface area contributed by atoms with Crippen molar-refractivity contribution in [1.29, 1.82) is 5.26 Å². The zero-order valence-corrected chi connectivity index (χ0v) is 37.8. The molecule has 6 aromatic rings. The lowest BCUT2D eigenvalue weighted by Gasteiger charge is -2.25. The Morgan fingerprint density at radius 1 is 0.662 bits per heavy atom. The van der Waals surface area contributed by atoms with Crippen molar-refractivity contribution in [3.8, 4) is 17.8 Å². The molecule has 8 rings (SSSR count). The molecule has 2 fully saturated rings. The number of ether oxygens (including phenoxy) is 2. The molecule has 0 saturated carbocycles. The summed E-state index contributed by atoms with van der Waals surface area (Å²) in [7, 11) is 0. The first-order valence-electron chi connectivity index (χ1n) is 20.6. The van der Waals surface area contributed by atoms with Gasteiger partial charge in [0.15, 0.2) is 11.6 Å².